The van der Waals surface area contributed by atoms with E-state index in [1.807, 2.05) is 6.92 Å². The third kappa shape index (κ3) is 3.98. The van der Waals surface area contributed by atoms with Crippen LogP contribution in [0, 0.1) is 11.8 Å². The Bertz CT molecular complexity index is 301. The predicted molar refractivity (Wildman–Crippen MR) is 68.8 cm³/mol. The van der Waals surface area contributed by atoms with Gasteiger partial charge in [-0.1, -0.05) is 20.8 Å². The highest BCUT2D eigenvalue weighted by Crippen LogP contribution is 2.19. The molecule has 0 aromatic rings. The van der Waals surface area contributed by atoms with Gasteiger partial charge in [0.15, 0.2) is 0 Å². The third-order valence-electron chi connectivity index (χ3n) is 3.23. The summed E-state index contributed by atoms with van der Waals surface area (Å²) in [6.45, 7) is 7.17. The van der Waals surface area contributed by atoms with Gasteiger partial charge in [0.2, 0.25) is 11.8 Å². The molecule has 5 nitrogen and oxygen atoms in total. The van der Waals surface area contributed by atoms with Crippen molar-refractivity contribution in [2.45, 2.75) is 39.7 Å². The summed E-state index contributed by atoms with van der Waals surface area (Å²) in [4.78, 5) is 25.5. The molecule has 1 unspecified atom stereocenters. The van der Waals surface area contributed by atoms with Crippen LogP contribution in [-0.4, -0.2) is 47.6 Å². The van der Waals surface area contributed by atoms with Gasteiger partial charge in [-0.05, 0) is 12.3 Å². The molecule has 104 valence electrons. The van der Waals surface area contributed by atoms with Crippen molar-refractivity contribution in [2.75, 3.05) is 19.7 Å². The maximum Gasteiger partial charge on any atom is 0.225 e. The molecule has 0 aromatic heterocycles. The van der Waals surface area contributed by atoms with Crippen LogP contribution in [0.15, 0.2) is 0 Å². The van der Waals surface area contributed by atoms with E-state index in [-0.39, 0.29) is 30.4 Å². The lowest BCUT2D eigenvalue weighted by molar-refractivity contribution is -0.129. The second-order valence-electron chi connectivity index (χ2n) is 5.39. The van der Waals surface area contributed by atoms with E-state index in [1.165, 1.54) is 0 Å². The maximum absolute atomic E-state index is 11.9. The predicted octanol–water partition coefficient (Wildman–Crippen LogP) is 0.378. The van der Waals surface area contributed by atoms with Gasteiger partial charge in [0.25, 0.3) is 0 Å². The number of carbonyl (C=O) groups excluding carboxylic acids is 2. The zero-order chi connectivity index (χ0) is 13.7. The zero-order valence-corrected chi connectivity index (χ0v) is 11.5. The molecule has 1 rings (SSSR count). The van der Waals surface area contributed by atoms with E-state index in [0.29, 0.717) is 31.8 Å². The number of aliphatic hydroxyl groups is 1. The minimum Gasteiger partial charge on any atom is -0.394 e. The van der Waals surface area contributed by atoms with Gasteiger partial charge in [-0.3, -0.25) is 9.59 Å². The quantitative estimate of drug-likeness (QED) is 0.722. The molecule has 0 spiro atoms. The average Bonchev–Trinajstić information content (AvgIpc) is 2.67. The fourth-order valence-electron chi connectivity index (χ4n) is 2.16. The van der Waals surface area contributed by atoms with Gasteiger partial charge in [0.05, 0.1) is 18.6 Å². The third-order valence-corrected chi connectivity index (χ3v) is 3.23. The number of aliphatic hydroxyl groups excluding tert-OH is 1. The van der Waals surface area contributed by atoms with Crippen molar-refractivity contribution in [3.8, 4) is 0 Å². The Morgan fingerprint density at radius 1 is 1.56 bits per heavy atom. The van der Waals surface area contributed by atoms with Crippen LogP contribution in [0.3, 0.4) is 0 Å². The highest BCUT2D eigenvalue weighted by molar-refractivity contribution is 5.89. The highest BCUT2D eigenvalue weighted by Gasteiger charge is 2.34. The first-order valence-electron chi connectivity index (χ1n) is 6.66. The van der Waals surface area contributed by atoms with Crippen LogP contribution in [-0.2, 0) is 9.59 Å². The number of rotatable bonds is 6. The number of carbonyl (C=O) groups is 2. The van der Waals surface area contributed by atoms with E-state index >= 15 is 0 Å². The first-order chi connectivity index (χ1) is 8.47. The Balaban J connectivity index is 2.49. The Hall–Kier alpha value is -1.10. The molecule has 2 amide bonds. The molecule has 1 fully saturated rings. The summed E-state index contributed by atoms with van der Waals surface area (Å²) in [6.07, 6.45) is 0.985. The van der Waals surface area contributed by atoms with E-state index in [0.717, 1.165) is 0 Å². The number of hydrogen-bond donors (Lipinski definition) is 2. The molecular weight excluding hydrogens is 232 g/mol. The molecule has 18 heavy (non-hydrogen) atoms. The largest absolute Gasteiger partial charge is 0.394 e. The molecule has 0 radical (unpaired) electrons. The van der Waals surface area contributed by atoms with Crippen molar-refractivity contribution in [1.82, 2.24) is 10.2 Å². The van der Waals surface area contributed by atoms with Gasteiger partial charge in [-0.25, -0.2) is 0 Å². The van der Waals surface area contributed by atoms with E-state index in [9.17, 15) is 9.59 Å². The molecular formula is C13H24N2O3. The number of likely N-dealkylation sites (tertiary alicyclic amines) is 1. The van der Waals surface area contributed by atoms with Crippen molar-refractivity contribution in [1.29, 1.82) is 0 Å². The molecule has 0 aliphatic carbocycles. The summed E-state index contributed by atoms with van der Waals surface area (Å²) >= 11 is 0. The fourth-order valence-corrected chi connectivity index (χ4v) is 2.16. The van der Waals surface area contributed by atoms with Crippen molar-refractivity contribution in [2.24, 2.45) is 11.8 Å². The second-order valence-corrected chi connectivity index (χ2v) is 5.39. The molecule has 2 N–H and O–H groups in total. The van der Waals surface area contributed by atoms with Gasteiger partial charge in [0, 0.05) is 19.5 Å². The van der Waals surface area contributed by atoms with Crippen molar-refractivity contribution >= 4 is 11.8 Å². The van der Waals surface area contributed by atoms with Gasteiger partial charge < -0.3 is 15.3 Å². The van der Waals surface area contributed by atoms with Crippen LogP contribution in [0.25, 0.3) is 0 Å². The molecule has 5 heteroatoms. The standard InChI is InChI=1S/C13H24N2O3/c1-4-11(8-16)14-13(18)10-5-12(17)15(7-10)6-9(2)3/h9-11,16H,4-8H2,1-3H3,(H,14,18)/t10?,11-/m1/s1. The van der Waals surface area contributed by atoms with E-state index in [4.69, 9.17) is 5.11 Å². The monoisotopic (exact) mass is 256 g/mol. The Labute approximate surface area is 109 Å². The molecule has 1 aliphatic heterocycles. The lowest BCUT2D eigenvalue weighted by Crippen LogP contribution is -2.41. The fraction of sp³-hybridized carbons (Fsp3) is 0.846. The molecule has 1 heterocycles. The SMILES string of the molecule is CC[C@H](CO)NC(=O)C1CC(=O)N(CC(C)C)C1. The summed E-state index contributed by atoms with van der Waals surface area (Å²) in [7, 11) is 0. The Morgan fingerprint density at radius 2 is 2.22 bits per heavy atom. The van der Waals surface area contributed by atoms with Crippen molar-refractivity contribution in [3.05, 3.63) is 0 Å². The Kier molecular flexibility index (Phi) is 5.59. The summed E-state index contributed by atoms with van der Waals surface area (Å²) in [5.74, 6) is 0.0878. The van der Waals surface area contributed by atoms with E-state index < -0.39 is 0 Å². The van der Waals surface area contributed by atoms with Gasteiger partial charge in [-0.2, -0.15) is 0 Å². The van der Waals surface area contributed by atoms with Crippen LogP contribution < -0.4 is 5.32 Å². The van der Waals surface area contributed by atoms with E-state index in [1.54, 1.807) is 4.90 Å². The zero-order valence-electron chi connectivity index (χ0n) is 11.5. The summed E-state index contributed by atoms with van der Waals surface area (Å²) in [5, 5.41) is 11.8. The smallest absolute Gasteiger partial charge is 0.225 e. The lowest BCUT2D eigenvalue weighted by Gasteiger charge is -2.20. The summed E-state index contributed by atoms with van der Waals surface area (Å²) in [6, 6.07) is -0.202. The van der Waals surface area contributed by atoms with Crippen LogP contribution >= 0.6 is 0 Å². The normalized spacial score (nSPS) is 21.5. The number of hydrogen-bond acceptors (Lipinski definition) is 3. The molecule has 0 saturated carbocycles. The number of nitrogens with zero attached hydrogens (tertiary/aromatic N) is 1. The van der Waals surface area contributed by atoms with Crippen molar-refractivity contribution < 1.29 is 14.7 Å². The molecule has 0 bridgehead atoms. The summed E-state index contributed by atoms with van der Waals surface area (Å²) in [5.41, 5.74) is 0. The maximum atomic E-state index is 11.9. The van der Waals surface area contributed by atoms with Crippen molar-refractivity contribution in [3.63, 3.8) is 0 Å². The van der Waals surface area contributed by atoms with Crippen LogP contribution in [0.2, 0.25) is 0 Å². The highest BCUT2D eigenvalue weighted by atomic mass is 16.3. The first kappa shape index (κ1) is 15.0. The van der Waals surface area contributed by atoms with Crippen LogP contribution in [0.5, 0.6) is 0 Å². The molecule has 0 aromatic carbocycles. The lowest BCUT2D eigenvalue weighted by atomic mass is 10.1. The molecule has 1 aliphatic rings. The Morgan fingerprint density at radius 3 is 2.72 bits per heavy atom. The van der Waals surface area contributed by atoms with Crippen LogP contribution in [0.1, 0.15) is 33.6 Å². The summed E-state index contributed by atoms with van der Waals surface area (Å²) < 4.78 is 0. The second kappa shape index (κ2) is 6.73. The van der Waals surface area contributed by atoms with Crippen LogP contribution in [0.4, 0.5) is 0 Å². The minimum atomic E-state index is -0.267. The number of nitrogens with one attached hydrogen (secondary N) is 1. The van der Waals surface area contributed by atoms with Gasteiger partial charge >= 0.3 is 0 Å². The van der Waals surface area contributed by atoms with E-state index in [2.05, 4.69) is 19.2 Å². The number of amides is 2. The van der Waals surface area contributed by atoms with Gasteiger partial charge in [-0.15, -0.1) is 0 Å². The van der Waals surface area contributed by atoms with Gasteiger partial charge in [0.1, 0.15) is 0 Å². The molecule has 1 saturated heterocycles. The minimum absolute atomic E-state index is 0.0564. The molecule has 2 atom stereocenters. The average molecular weight is 256 g/mol. The first-order valence-corrected chi connectivity index (χ1v) is 6.66. The topological polar surface area (TPSA) is 69.6 Å².